The zero-order valence-electron chi connectivity index (χ0n) is 17.9. The van der Waals surface area contributed by atoms with E-state index in [0.29, 0.717) is 36.7 Å². The number of hydrogen-bond acceptors (Lipinski definition) is 4. The average Bonchev–Trinajstić information content (AvgIpc) is 2.98. The molecular weight excluding hydrogens is 352 g/mol. The number of ketones is 1. The lowest BCUT2D eigenvalue weighted by Gasteiger charge is -2.63. The highest BCUT2D eigenvalue weighted by molar-refractivity contribution is 5.91. The third-order valence-electron chi connectivity index (χ3n) is 9.46. The van der Waals surface area contributed by atoms with Crippen molar-refractivity contribution in [3.8, 4) is 0 Å². The van der Waals surface area contributed by atoms with Gasteiger partial charge in [-0.2, -0.15) is 0 Å². The highest BCUT2D eigenvalue weighted by Crippen LogP contribution is 2.68. The fourth-order valence-corrected chi connectivity index (χ4v) is 7.84. The van der Waals surface area contributed by atoms with E-state index in [1.807, 2.05) is 6.08 Å². The van der Waals surface area contributed by atoms with Gasteiger partial charge in [0.2, 0.25) is 0 Å². The summed E-state index contributed by atoms with van der Waals surface area (Å²) in [6.45, 7) is 8.85. The van der Waals surface area contributed by atoms with Crippen molar-refractivity contribution in [1.82, 2.24) is 0 Å². The lowest BCUT2D eigenvalue weighted by atomic mass is 9.44. The number of ether oxygens (including phenoxy) is 1. The van der Waals surface area contributed by atoms with Gasteiger partial charge in [0.15, 0.2) is 5.78 Å². The van der Waals surface area contributed by atoms with Gasteiger partial charge in [0, 0.05) is 18.8 Å². The molecule has 7 atom stereocenters. The third kappa shape index (κ3) is 2.74. The first-order valence-corrected chi connectivity index (χ1v) is 11.2. The summed E-state index contributed by atoms with van der Waals surface area (Å²) in [5.41, 5.74) is 0.477. The lowest BCUT2D eigenvalue weighted by molar-refractivity contribution is -0.194. The van der Waals surface area contributed by atoms with Crippen LogP contribution in [0.2, 0.25) is 0 Å². The summed E-state index contributed by atoms with van der Waals surface area (Å²) in [5.74, 6) is 1.76. The Morgan fingerprint density at radius 2 is 1.93 bits per heavy atom. The molecule has 0 aromatic heterocycles. The Hall–Kier alpha value is -1.16. The summed E-state index contributed by atoms with van der Waals surface area (Å²) in [7, 11) is 0. The smallest absolute Gasteiger partial charge is 0.302 e. The predicted octanol–water partition coefficient (Wildman–Crippen LogP) is 4.45. The Balaban J connectivity index is 1.60. The standard InChI is InChI=1S/C24H36O4/c1-15(14-28-16(2)25)19-7-8-20-21-6-5-17-13-18(26)9-10-23(17,4)24(21,27)12-11-22(19,20)3/h13,15,19-21,27H,5-12,14H2,1-4H3/t15-,19-,20?,21?,22-,23+,24-/m1/s1. The van der Waals surface area contributed by atoms with Crippen molar-refractivity contribution in [2.24, 2.45) is 34.5 Å². The van der Waals surface area contributed by atoms with Crippen LogP contribution in [0.4, 0.5) is 0 Å². The molecule has 0 bridgehead atoms. The summed E-state index contributed by atoms with van der Waals surface area (Å²) >= 11 is 0. The number of carbonyl (C=O) groups is 2. The maximum Gasteiger partial charge on any atom is 0.302 e. The highest BCUT2D eigenvalue weighted by Gasteiger charge is 2.65. The van der Waals surface area contributed by atoms with Gasteiger partial charge in [0.25, 0.3) is 0 Å². The van der Waals surface area contributed by atoms with Gasteiger partial charge in [-0.05, 0) is 80.1 Å². The van der Waals surface area contributed by atoms with Crippen LogP contribution in [-0.2, 0) is 14.3 Å². The van der Waals surface area contributed by atoms with Gasteiger partial charge in [-0.25, -0.2) is 0 Å². The van der Waals surface area contributed by atoms with E-state index in [0.717, 1.165) is 44.9 Å². The molecule has 1 N–H and O–H groups in total. The molecule has 2 unspecified atom stereocenters. The molecule has 4 aliphatic carbocycles. The Bertz CT molecular complexity index is 711. The van der Waals surface area contributed by atoms with Crippen LogP contribution in [0, 0.1) is 34.5 Å². The molecule has 0 saturated heterocycles. The van der Waals surface area contributed by atoms with Crippen LogP contribution >= 0.6 is 0 Å². The van der Waals surface area contributed by atoms with Crippen molar-refractivity contribution >= 4 is 11.8 Å². The molecular formula is C24H36O4. The molecule has 0 amide bonds. The molecule has 0 aromatic carbocycles. The number of esters is 1. The molecule has 0 heterocycles. The summed E-state index contributed by atoms with van der Waals surface area (Å²) in [6, 6.07) is 0. The van der Waals surface area contributed by atoms with Gasteiger partial charge in [-0.3, -0.25) is 9.59 Å². The Kier molecular flexibility index (Phi) is 4.80. The quantitative estimate of drug-likeness (QED) is 0.726. The number of carbonyl (C=O) groups excluding carboxylic acids is 2. The van der Waals surface area contributed by atoms with Gasteiger partial charge in [0.1, 0.15) is 0 Å². The van der Waals surface area contributed by atoms with E-state index in [9.17, 15) is 14.7 Å². The zero-order valence-corrected chi connectivity index (χ0v) is 17.9. The molecule has 28 heavy (non-hydrogen) atoms. The van der Waals surface area contributed by atoms with Crippen LogP contribution < -0.4 is 0 Å². The van der Waals surface area contributed by atoms with Crippen molar-refractivity contribution in [3.05, 3.63) is 11.6 Å². The maximum atomic E-state index is 12.1. The van der Waals surface area contributed by atoms with Crippen LogP contribution in [0.1, 0.15) is 79.1 Å². The Labute approximate surface area is 169 Å². The molecule has 0 spiro atoms. The Morgan fingerprint density at radius 1 is 1.18 bits per heavy atom. The number of hydrogen-bond donors (Lipinski definition) is 1. The fraction of sp³-hybridized carbons (Fsp3) is 0.833. The monoisotopic (exact) mass is 388 g/mol. The van der Waals surface area contributed by atoms with Crippen molar-refractivity contribution in [2.45, 2.75) is 84.7 Å². The second kappa shape index (κ2) is 6.68. The number of aliphatic hydroxyl groups is 1. The normalized spacial score (nSPS) is 46.1. The van der Waals surface area contributed by atoms with Crippen molar-refractivity contribution in [3.63, 3.8) is 0 Å². The minimum Gasteiger partial charge on any atom is -0.466 e. The van der Waals surface area contributed by atoms with Crippen molar-refractivity contribution < 1.29 is 19.4 Å². The second-order valence-electron chi connectivity index (χ2n) is 10.6. The molecule has 4 rings (SSSR count). The van der Waals surface area contributed by atoms with Crippen molar-refractivity contribution in [2.75, 3.05) is 6.61 Å². The van der Waals surface area contributed by atoms with Crippen LogP contribution in [0.5, 0.6) is 0 Å². The largest absolute Gasteiger partial charge is 0.466 e. The van der Waals surface area contributed by atoms with E-state index in [4.69, 9.17) is 4.74 Å². The summed E-state index contributed by atoms with van der Waals surface area (Å²) in [4.78, 5) is 23.3. The zero-order chi connectivity index (χ0) is 20.3. The fourth-order valence-electron chi connectivity index (χ4n) is 7.84. The van der Waals surface area contributed by atoms with Gasteiger partial charge in [-0.15, -0.1) is 0 Å². The molecule has 0 aromatic rings. The minimum absolute atomic E-state index is 0.198. The van der Waals surface area contributed by atoms with E-state index in [1.165, 1.54) is 12.5 Å². The van der Waals surface area contributed by atoms with E-state index >= 15 is 0 Å². The van der Waals surface area contributed by atoms with E-state index in [1.54, 1.807) is 0 Å². The lowest BCUT2D eigenvalue weighted by Crippen LogP contribution is -2.63. The summed E-state index contributed by atoms with van der Waals surface area (Å²) < 4.78 is 5.34. The predicted molar refractivity (Wildman–Crippen MR) is 107 cm³/mol. The molecule has 156 valence electrons. The molecule has 4 nitrogen and oxygen atoms in total. The van der Waals surface area contributed by atoms with Crippen LogP contribution in [0.15, 0.2) is 11.6 Å². The number of fused-ring (bicyclic) bond motifs is 5. The van der Waals surface area contributed by atoms with Crippen LogP contribution in [-0.4, -0.2) is 29.1 Å². The summed E-state index contributed by atoms with van der Waals surface area (Å²) in [6.07, 6.45) is 9.33. The van der Waals surface area contributed by atoms with E-state index in [2.05, 4.69) is 20.8 Å². The SMILES string of the molecule is CC(=O)OC[C@@H](C)[C@H]1CCC2C3CCC4=CC(=O)CC[C@]4(C)[C@@]3(O)CC[C@@]21C. The number of rotatable bonds is 3. The van der Waals surface area contributed by atoms with Gasteiger partial charge in [-0.1, -0.05) is 26.3 Å². The second-order valence-corrected chi connectivity index (χ2v) is 10.6. The molecule has 0 aliphatic heterocycles. The van der Waals surface area contributed by atoms with E-state index < -0.39 is 5.60 Å². The Morgan fingerprint density at radius 3 is 2.64 bits per heavy atom. The van der Waals surface area contributed by atoms with E-state index in [-0.39, 0.29) is 22.6 Å². The first-order chi connectivity index (χ1) is 13.1. The minimum atomic E-state index is -0.685. The van der Waals surface area contributed by atoms with Gasteiger partial charge < -0.3 is 9.84 Å². The average molecular weight is 389 g/mol. The highest BCUT2D eigenvalue weighted by atomic mass is 16.5. The molecule has 3 fully saturated rings. The maximum absolute atomic E-state index is 12.1. The molecule has 3 saturated carbocycles. The van der Waals surface area contributed by atoms with Crippen LogP contribution in [0.3, 0.4) is 0 Å². The van der Waals surface area contributed by atoms with Crippen molar-refractivity contribution in [1.29, 1.82) is 0 Å². The van der Waals surface area contributed by atoms with Gasteiger partial charge in [0.05, 0.1) is 12.2 Å². The van der Waals surface area contributed by atoms with Gasteiger partial charge >= 0.3 is 5.97 Å². The summed E-state index contributed by atoms with van der Waals surface area (Å²) in [5, 5.41) is 12.1. The molecule has 4 aliphatic rings. The van der Waals surface area contributed by atoms with Crippen LogP contribution in [0.25, 0.3) is 0 Å². The first kappa shape index (κ1) is 20.1. The molecule has 0 radical (unpaired) electrons. The molecule has 4 heteroatoms. The topological polar surface area (TPSA) is 63.6 Å². The first-order valence-electron chi connectivity index (χ1n) is 11.2. The third-order valence-corrected chi connectivity index (χ3v) is 9.46.